The van der Waals surface area contributed by atoms with E-state index in [-0.39, 0.29) is 18.9 Å². The van der Waals surface area contributed by atoms with Crippen molar-refractivity contribution in [1.29, 1.82) is 0 Å². The van der Waals surface area contributed by atoms with Gasteiger partial charge in [0, 0.05) is 12.2 Å². The molecule has 6 heteroatoms. The van der Waals surface area contributed by atoms with Crippen LogP contribution in [0.5, 0.6) is 11.5 Å². The zero-order valence-electron chi connectivity index (χ0n) is 11.1. The maximum Gasteiger partial charge on any atom is 0.254 e. The lowest BCUT2D eigenvalue weighted by Crippen LogP contribution is -2.24. The van der Waals surface area contributed by atoms with Crippen molar-refractivity contribution < 1.29 is 18.7 Å². The van der Waals surface area contributed by atoms with E-state index in [1.54, 1.807) is 12.1 Å². The van der Waals surface area contributed by atoms with E-state index < -0.39 is 11.7 Å². The van der Waals surface area contributed by atoms with Gasteiger partial charge in [-0.25, -0.2) is 4.39 Å². The van der Waals surface area contributed by atoms with Gasteiger partial charge in [0.1, 0.15) is 5.82 Å². The first-order chi connectivity index (χ1) is 10.1. The number of benzene rings is 2. The van der Waals surface area contributed by atoms with Crippen LogP contribution in [0.25, 0.3) is 0 Å². The predicted molar refractivity (Wildman–Crippen MR) is 74.5 cm³/mol. The molecular weight excluding hydrogens is 275 g/mol. The van der Waals surface area contributed by atoms with Crippen LogP contribution >= 0.6 is 0 Å². The van der Waals surface area contributed by atoms with E-state index in [2.05, 4.69) is 5.32 Å². The molecule has 1 amide bonds. The van der Waals surface area contributed by atoms with Gasteiger partial charge in [0.2, 0.25) is 6.79 Å². The summed E-state index contributed by atoms with van der Waals surface area (Å²) in [6, 6.07) is 9.24. The van der Waals surface area contributed by atoms with Gasteiger partial charge in [0.25, 0.3) is 5.91 Å². The average molecular weight is 288 g/mol. The summed E-state index contributed by atoms with van der Waals surface area (Å²) in [6.07, 6.45) is 0. The van der Waals surface area contributed by atoms with E-state index in [0.717, 1.165) is 5.56 Å². The van der Waals surface area contributed by atoms with Gasteiger partial charge in [-0.05, 0) is 35.9 Å². The number of amides is 1. The van der Waals surface area contributed by atoms with Crippen LogP contribution in [-0.2, 0) is 6.54 Å². The normalized spacial score (nSPS) is 12.2. The molecule has 1 heterocycles. The second-order valence-electron chi connectivity index (χ2n) is 4.61. The number of halogens is 1. The van der Waals surface area contributed by atoms with Crippen LogP contribution in [0.3, 0.4) is 0 Å². The number of hydrogen-bond acceptors (Lipinski definition) is 4. The van der Waals surface area contributed by atoms with E-state index in [9.17, 15) is 9.18 Å². The maximum atomic E-state index is 13.6. The Bertz CT molecular complexity index is 703. The fraction of sp³-hybridized carbons (Fsp3) is 0.133. The van der Waals surface area contributed by atoms with Crippen molar-refractivity contribution in [3.63, 3.8) is 0 Å². The van der Waals surface area contributed by atoms with E-state index in [0.29, 0.717) is 17.2 Å². The fourth-order valence-corrected chi connectivity index (χ4v) is 2.05. The van der Waals surface area contributed by atoms with Crippen LogP contribution in [0, 0.1) is 5.82 Å². The summed E-state index contributed by atoms with van der Waals surface area (Å²) in [5, 5.41) is 2.64. The minimum Gasteiger partial charge on any atom is -0.454 e. The zero-order chi connectivity index (χ0) is 14.8. The third-order valence-electron chi connectivity index (χ3n) is 3.13. The summed E-state index contributed by atoms with van der Waals surface area (Å²) < 4.78 is 24.0. The smallest absolute Gasteiger partial charge is 0.254 e. The summed E-state index contributed by atoms with van der Waals surface area (Å²) in [5.41, 5.74) is 6.65. The van der Waals surface area contributed by atoms with Crippen LogP contribution in [0.2, 0.25) is 0 Å². The molecule has 21 heavy (non-hydrogen) atoms. The Morgan fingerprint density at radius 2 is 2.00 bits per heavy atom. The maximum absolute atomic E-state index is 13.6. The standard InChI is InChI=1S/C15H13FN2O3/c16-12-3-2-10(17)6-11(12)15(19)18-7-9-1-4-13-14(5-9)21-8-20-13/h1-6H,7-8,17H2,(H,18,19). The Balaban J connectivity index is 1.70. The topological polar surface area (TPSA) is 73.6 Å². The molecule has 0 fully saturated rings. The number of hydrogen-bond donors (Lipinski definition) is 2. The van der Waals surface area contributed by atoms with Gasteiger partial charge in [-0.1, -0.05) is 6.07 Å². The number of rotatable bonds is 3. The fourth-order valence-electron chi connectivity index (χ4n) is 2.05. The minimum absolute atomic E-state index is 0.0734. The molecule has 1 aliphatic heterocycles. The van der Waals surface area contributed by atoms with Gasteiger partial charge in [-0.3, -0.25) is 4.79 Å². The summed E-state index contributed by atoms with van der Waals surface area (Å²) >= 11 is 0. The van der Waals surface area contributed by atoms with E-state index in [4.69, 9.17) is 15.2 Å². The molecule has 1 aliphatic rings. The van der Waals surface area contributed by atoms with Crippen molar-refractivity contribution in [3.05, 3.63) is 53.3 Å². The van der Waals surface area contributed by atoms with Gasteiger partial charge in [0.15, 0.2) is 11.5 Å². The lowest BCUT2D eigenvalue weighted by Gasteiger charge is -2.07. The number of anilines is 1. The highest BCUT2D eigenvalue weighted by atomic mass is 19.1. The molecule has 108 valence electrons. The molecule has 0 saturated carbocycles. The summed E-state index contributed by atoms with van der Waals surface area (Å²) in [7, 11) is 0. The van der Waals surface area contributed by atoms with E-state index >= 15 is 0 Å². The summed E-state index contributed by atoms with van der Waals surface area (Å²) in [6.45, 7) is 0.448. The quantitative estimate of drug-likeness (QED) is 0.848. The van der Waals surface area contributed by atoms with Gasteiger partial charge in [-0.15, -0.1) is 0 Å². The van der Waals surface area contributed by atoms with Crippen molar-refractivity contribution in [2.24, 2.45) is 0 Å². The Morgan fingerprint density at radius 1 is 1.19 bits per heavy atom. The highest BCUT2D eigenvalue weighted by Gasteiger charge is 2.15. The van der Waals surface area contributed by atoms with Crippen molar-refractivity contribution in [1.82, 2.24) is 5.32 Å². The molecule has 0 radical (unpaired) electrons. The SMILES string of the molecule is Nc1ccc(F)c(C(=O)NCc2ccc3c(c2)OCO3)c1. The lowest BCUT2D eigenvalue weighted by molar-refractivity contribution is 0.0947. The minimum atomic E-state index is -0.604. The van der Waals surface area contributed by atoms with E-state index in [1.807, 2.05) is 6.07 Å². The molecule has 0 aliphatic carbocycles. The summed E-state index contributed by atoms with van der Waals surface area (Å²) in [4.78, 5) is 12.0. The van der Waals surface area contributed by atoms with Crippen molar-refractivity contribution >= 4 is 11.6 Å². The Kier molecular flexibility index (Phi) is 3.35. The molecule has 2 aromatic rings. The lowest BCUT2D eigenvalue weighted by atomic mass is 10.1. The third-order valence-corrected chi connectivity index (χ3v) is 3.13. The molecule has 0 aromatic heterocycles. The Labute approximate surface area is 120 Å². The number of carbonyl (C=O) groups excluding carboxylic acids is 1. The molecule has 0 saturated heterocycles. The van der Waals surface area contributed by atoms with E-state index in [1.165, 1.54) is 18.2 Å². The second-order valence-corrected chi connectivity index (χ2v) is 4.61. The molecule has 5 nitrogen and oxygen atoms in total. The average Bonchev–Trinajstić information content (AvgIpc) is 2.94. The highest BCUT2D eigenvalue weighted by Crippen LogP contribution is 2.32. The molecule has 3 N–H and O–H groups in total. The number of carbonyl (C=O) groups is 1. The van der Waals surface area contributed by atoms with Gasteiger partial charge >= 0.3 is 0 Å². The predicted octanol–water partition coefficient (Wildman–Crippen LogP) is 2.07. The first-order valence-electron chi connectivity index (χ1n) is 6.35. The van der Waals surface area contributed by atoms with Gasteiger partial charge < -0.3 is 20.5 Å². The van der Waals surface area contributed by atoms with Crippen molar-refractivity contribution in [3.8, 4) is 11.5 Å². The Hall–Kier alpha value is -2.76. The molecule has 0 atom stereocenters. The molecule has 2 aromatic carbocycles. The van der Waals surface area contributed by atoms with Gasteiger partial charge in [0.05, 0.1) is 5.56 Å². The molecule has 3 rings (SSSR count). The molecule has 0 spiro atoms. The second kappa shape index (κ2) is 5.32. The van der Waals surface area contributed by atoms with Gasteiger partial charge in [-0.2, -0.15) is 0 Å². The van der Waals surface area contributed by atoms with Crippen LogP contribution in [-0.4, -0.2) is 12.7 Å². The van der Waals surface area contributed by atoms with Crippen LogP contribution in [0.1, 0.15) is 15.9 Å². The molecular formula is C15H13FN2O3. The van der Waals surface area contributed by atoms with Crippen LogP contribution < -0.4 is 20.5 Å². The Morgan fingerprint density at radius 3 is 2.86 bits per heavy atom. The number of ether oxygens (including phenoxy) is 2. The van der Waals surface area contributed by atoms with Crippen molar-refractivity contribution in [2.75, 3.05) is 12.5 Å². The van der Waals surface area contributed by atoms with Crippen LogP contribution in [0.4, 0.5) is 10.1 Å². The largest absolute Gasteiger partial charge is 0.454 e. The third kappa shape index (κ3) is 2.74. The highest BCUT2D eigenvalue weighted by molar-refractivity contribution is 5.95. The number of nitrogen functional groups attached to an aromatic ring is 1. The monoisotopic (exact) mass is 288 g/mol. The molecule has 0 unspecified atom stereocenters. The summed E-state index contributed by atoms with van der Waals surface area (Å²) in [5.74, 6) is 0.189. The number of fused-ring (bicyclic) bond motifs is 1. The number of nitrogens with two attached hydrogens (primary N) is 1. The number of nitrogens with one attached hydrogen (secondary N) is 1. The van der Waals surface area contributed by atoms with Crippen LogP contribution in [0.15, 0.2) is 36.4 Å². The zero-order valence-corrected chi connectivity index (χ0v) is 11.1. The first kappa shape index (κ1) is 13.2. The molecule has 0 bridgehead atoms. The first-order valence-corrected chi connectivity index (χ1v) is 6.35. The van der Waals surface area contributed by atoms with Crippen molar-refractivity contribution in [2.45, 2.75) is 6.54 Å².